The van der Waals surface area contributed by atoms with Crippen molar-refractivity contribution < 1.29 is 28.5 Å². The van der Waals surface area contributed by atoms with Crippen LogP contribution < -0.4 is 20.1 Å². The molecule has 33 heavy (non-hydrogen) atoms. The van der Waals surface area contributed by atoms with Gasteiger partial charge in [0.2, 0.25) is 0 Å². The highest BCUT2D eigenvalue weighted by atomic mass is 16.5. The van der Waals surface area contributed by atoms with Crippen LogP contribution in [0.1, 0.15) is 11.5 Å². The van der Waals surface area contributed by atoms with Crippen LogP contribution in [0.5, 0.6) is 11.5 Å². The predicted octanol–water partition coefficient (Wildman–Crippen LogP) is 2.60. The minimum absolute atomic E-state index is 0.0466. The zero-order valence-corrected chi connectivity index (χ0v) is 18.6. The van der Waals surface area contributed by atoms with E-state index >= 15 is 0 Å². The zero-order chi connectivity index (χ0) is 24.1. The number of benzene rings is 2. The maximum absolute atomic E-state index is 13.1. The molecule has 0 radical (unpaired) electrons. The normalized spacial score (nSPS) is 15.6. The Morgan fingerprint density at radius 3 is 2.00 bits per heavy atom. The Kier molecular flexibility index (Phi) is 6.88. The van der Waals surface area contributed by atoms with Gasteiger partial charge < -0.3 is 24.7 Å². The number of nitrogens with zero attached hydrogens (tertiary/aromatic N) is 2. The molecule has 9 nitrogen and oxygen atoms in total. The molecule has 9 heteroatoms. The third kappa shape index (κ3) is 4.19. The van der Waals surface area contributed by atoms with Crippen molar-refractivity contribution in [2.24, 2.45) is 5.73 Å². The summed E-state index contributed by atoms with van der Waals surface area (Å²) in [6.45, 7) is 0. The summed E-state index contributed by atoms with van der Waals surface area (Å²) < 4.78 is 20.7. The minimum atomic E-state index is -0.943. The van der Waals surface area contributed by atoms with Gasteiger partial charge in [-0.2, -0.15) is 5.26 Å². The molecular formula is C24H23N3O6. The van der Waals surface area contributed by atoms with Gasteiger partial charge in [-0.25, -0.2) is 9.59 Å². The van der Waals surface area contributed by atoms with Gasteiger partial charge >= 0.3 is 11.9 Å². The van der Waals surface area contributed by atoms with E-state index in [9.17, 15) is 14.9 Å². The summed E-state index contributed by atoms with van der Waals surface area (Å²) >= 11 is 0. The Bertz CT molecular complexity index is 1160. The Morgan fingerprint density at radius 2 is 1.52 bits per heavy atom. The Morgan fingerprint density at radius 1 is 0.939 bits per heavy atom. The maximum Gasteiger partial charge on any atom is 0.355 e. The van der Waals surface area contributed by atoms with E-state index in [0.29, 0.717) is 22.7 Å². The molecule has 0 saturated heterocycles. The SMILES string of the molecule is COC(=O)C1=C(C(=O)OC)N(c2cc(OC)cc(OC)c2)C(N)=C(C#N)C1c1ccccc1. The molecule has 1 atom stereocenters. The number of rotatable bonds is 6. The summed E-state index contributed by atoms with van der Waals surface area (Å²) in [4.78, 5) is 27.4. The molecule has 0 aliphatic carbocycles. The van der Waals surface area contributed by atoms with Crippen molar-refractivity contribution in [2.45, 2.75) is 5.92 Å². The molecule has 2 aromatic carbocycles. The molecule has 1 aliphatic rings. The summed E-state index contributed by atoms with van der Waals surface area (Å²) in [5.74, 6) is -1.81. The largest absolute Gasteiger partial charge is 0.497 e. The summed E-state index contributed by atoms with van der Waals surface area (Å²) in [5.41, 5.74) is 7.19. The first-order valence-corrected chi connectivity index (χ1v) is 9.80. The molecule has 1 aliphatic heterocycles. The lowest BCUT2D eigenvalue weighted by Crippen LogP contribution is -2.40. The number of nitriles is 1. The van der Waals surface area contributed by atoms with E-state index in [4.69, 9.17) is 24.7 Å². The van der Waals surface area contributed by atoms with E-state index in [1.165, 1.54) is 33.3 Å². The molecule has 2 N–H and O–H groups in total. The van der Waals surface area contributed by atoms with E-state index in [1.807, 2.05) is 0 Å². The molecule has 3 rings (SSSR count). The van der Waals surface area contributed by atoms with Crippen molar-refractivity contribution in [2.75, 3.05) is 33.3 Å². The topological polar surface area (TPSA) is 124 Å². The monoisotopic (exact) mass is 449 g/mol. The maximum atomic E-state index is 13.1. The standard InChI is InChI=1S/C24H23N3O6/c1-30-16-10-15(11-17(12-16)31-2)27-21(24(29)33-4)20(23(28)32-3)19(18(13-25)22(27)26)14-8-6-5-7-9-14/h5-12,19H,26H2,1-4H3. The number of allylic oxidation sites excluding steroid dienone is 1. The highest BCUT2D eigenvalue weighted by molar-refractivity contribution is 6.06. The van der Waals surface area contributed by atoms with E-state index in [-0.39, 0.29) is 22.7 Å². The number of ether oxygens (including phenoxy) is 4. The van der Waals surface area contributed by atoms with Crippen LogP contribution in [0.4, 0.5) is 5.69 Å². The number of carbonyl (C=O) groups excluding carboxylic acids is 2. The molecule has 1 heterocycles. The summed E-state index contributed by atoms with van der Waals surface area (Å²) in [6, 6.07) is 15.7. The molecular weight excluding hydrogens is 426 g/mol. The van der Waals surface area contributed by atoms with Crippen molar-refractivity contribution in [3.05, 3.63) is 76.8 Å². The van der Waals surface area contributed by atoms with Crippen LogP contribution >= 0.6 is 0 Å². The third-order valence-corrected chi connectivity index (χ3v) is 5.20. The first-order chi connectivity index (χ1) is 15.9. The van der Waals surface area contributed by atoms with Gasteiger partial charge in [0, 0.05) is 18.2 Å². The van der Waals surface area contributed by atoms with Gasteiger partial charge in [-0.3, -0.25) is 4.90 Å². The number of methoxy groups -OCH3 is 4. The van der Waals surface area contributed by atoms with Gasteiger partial charge in [-0.15, -0.1) is 0 Å². The lowest BCUT2D eigenvalue weighted by atomic mass is 9.81. The van der Waals surface area contributed by atoms with Crippen LogP contribution in [0.15, 0.2) is 71.2 Å². The molecule has 0 bridgehead atoms. The average molecular weight is 449 g/mol. The fourth-order valence-corrected chi connectivity index (χ4v) is 3.70. The Hall–Kier alpha value is -4.45. The smallest absolute Gasteiger partial charge is 0.355 e. The van der Waals surface area contributed by atoms with Crippen molar-refractivity contribution in [1.29, 1.82) is 5.26 Å². The van der Waals surface area contributed by atoms with Gasteiger partial charge in [0.05, 0.1) is 57.3 Å². The number of carbonyl (C=O) groups is 2. The van der Waals surface area contributed by atoms with Crippen LogP contribution in [-0.4, -0.2) is 40.4 Å². The van der Waals surface area contributed by atoms with Crippen molar-refractivity contribution in [3.63, 3.8) is 0 Å². The average Bonchev–Trinajstić information content (AvgIpc) is 2.86. The van der Waals surface area contributed by atoms with E-state index < -0.39 is 17.9 Å². The number of hydrogen-bond donors (Lipinski definition) is 1. The van der Waals surface area contributed by atoms with E-state index in [2.05, 4.69) is 6.07 Å². The van der Waals surface area contributed by atoms with Crippen LogP contribution in [0.3, 0.4) is 0 Å². The Balaban J connectivity index is 2.43. The zero-order valence-electron chi connectivity index (χ0n) is 18.6. The molecule has 0 amide bonds. The molecule has 170 valence electrons. The highest BCUT2D eigenvalue weighted by Crippen LogP contribution is 2.44. The number of hydrogen-bond acceptors (Lipinski definition) is 9. The minimum Gasteiger partial charge on any atom is -0.497 e. The molecule has 0 aromatic heterocycles. The van der Waals surface area contributed by atoms with Crippen molar-refractivity contribution in [3.8, 4) is 17.6 Å². The second-order valence-electron chi connectivity index (χ2n) is 6.91. The second-order valence-corrected chi connectivity index (χ2v) is 6.91. The van der Waals surface area contributed by atoms with Gasteiger partial charge in [0.15, 0.2) is 0 Å². The van der Waals surface area contributed by atoms with E-state index in [0.717, 1.165) is 0 Å². The highest BCUT2D eigenvalue weighted by Gasteiger charge is 2.43. The number of nitrogens with two attached hydrogens (primary N) is 1. The molecule has 0 spiro atoms. The first kappa shape index (κ1) is 23.2. The quantitative estimate of drug-likeness (QED) is 0.663. The summed E-state index contributed by atoms with van der Waals surface area (Å²) in [5, 5.41) is 10.1. The molecule has 0 saturated carbocycles. The van der Waals surface area contributed by atoms with Gasteiger partial charge in [0.25, 0.3) is 0 Å². The Labute approximate surface area is 191 Å². The van der Waals surface area contributed by atoms with Crippen LogP contribution in [0.25, 0.3) is 0 Å². The molecule has 1 unspecified atom stereocenters. The fraction of sp³-hybridized carbons (Fsp3) is 0.208. The van der Waals surface area contributed by atoms with Gasteiger partial charge in [-0.05, 0) is 5.56 Å². The second kappa shape index (κ2) is 9.78. The van der Waals surface area contributed by atoms with Crippen LogP contribution in [0, 0.1) is 11.3 Å². The number of anilines is 1. The van der Waals surface area contributed by atoms with Gasteiger partial charge in [0.1, 0.15) is 23.0 Å². The summed E-state index contributed by atoms with van der Waals surface area (Å²) in [7, 11) is 5.32. The predicted molar refractivity (Wildman–Crippen MR) is 119 cm³/mol. The van der Waals surface area contributed by atoms with Crippen molar-refractivity contribution in [1.82, 2.24) is 0 Å². The van der Waals surface area contributed by atoms with E-state index in [1.54, 1.807) is 48.5 Å². The number of esters is 2. The van der Waals surface area contributed by atoms with Gasteiger partial charge in [-0.1, -0.05) is 30.3 Å². The lowest BCUT2D eigenvalue weighted by Gasteiger charge is -2.36. The van der Waals surface area contributed by atoms with Crippen LogP contribution in [-0.2, 0) is 19.1 Å². The van der Waals surface area contributed by atoms with Crippen LogP contribution in [0.2, 0.25) is 0 Å². The van der Waals surface area contributed by atoms with Crippen molar-refractivity contribution >= 4 is 17.6 Å². The lowest BCUT2D eigenvalue weighted by molar-refractivity contribution is -0.139. The fourth-order valence-electron chi connectivity index (χ4n) is 3.70. The summed E-state index contributed by atoms with van der Waals surface area (Å²) in [6.07, 6.45) is 0. The third-order valence-electron chi connectivity index (χ3n) is 5.20. The first-order valence-electron chi connectivity index (χ1n) is 9.80. The molecule has 0 fully saturated rings. The molecule has 2 aromatic rings.